The van der Waals surface area contributed by atoms with Gasteiger partial charge < -0.3 is 14.8 Å². The topological polar surface area (TPSA) is 62.5 Å². The number of carbonyl (C=O) groups is 1. The molecular weight excluding hydrogens is 250 g/mol. The van der Waals surface area contributed by atoms with Crippen LogP contribution in [0, 0.1) is 0 Å². The van der Waals surface area contributed by atoms with E-state index in [1.807, 2.05) is 18.4 Å². The Morgan fingerprint density at radius 2 is 2.22 bits per heavy atom. The van der Waals surface area contributed by atoms with Gasteiger partial charge in [0.1, 0.15) is 16.9 Å². The van der Waals surface area contributed by atoms with Crippen LogP contribution in [-0.4, -0.2) is 29.6 Å². The van der Waals surface area contributed by atoms with Crippen molar-refractivity contribution >= 4 is 28.7 Å². The first-order chi connectivity index (χ1) is 8.74. The van der Waals surface area contributed by atoms with E-state index in [1.54, 1.807) is 23.9 Å². The monoisotopic (exact) mass is 265 g/mol. The molecule has 0 bridgehead atoms. The molecule has 0 spiro atoms. The normalized spacial score (nSPS) is 10.9. The number of rotatable bonds is 6. The molecule has 0 saturated heterocycles. The van der Waals surface area contributed by atoms with E-state index in [0.717, 1.165) is 12.3 Å². The molecule has 0 aliphatic heterocycles. The second kappa shape index (κ2) is 5.93. The summed E-state index contributed by atoms with van der Waals surface area (Å²) in [5.74, 6) is 0.536. The summed E-state index contributed by atoms with van der Waals surface area (Å²) >= 11 is 1.74. The van der Waals surface area contributed by atoms with Crippen molar-refractivity contribution in [1.29, 1.82) is 0 Å². The Morgan fingerprint density at radius 3 is 2.94 bits per heavy atom. The van der Waals surface area contributed by atoms with Crippen LogP contribution in [0.15, 0.2) is 28.7 Å². The van der Waals surface area contributed by atoms with Crippen LogP contribution in [0.4, 0.5) is 0 Å². The third-order valence-corrected chi connectivity index (χ3v) is 3.26. The summed E-state index contributed by atoms with van der Waals surface area (Å²) in [4.78, 5) is 11.3. The number of benzene rings is 1. The number of carboxylic acid groups (broad SMARTS) is 1. The molecule has 0 unspecified atom stereocenters. The molecule has 0 radical (unpaired) electrons. The van der Waals surface area contributed by atoms with Crippen molar-refractivity contribution in [3.8, 4) is 0 Å². The van der Waals surface area contributed by atoms with Crippen LogP contribution in [0.1, 0.15) is 16.1 Å². The molecule has 5 heteroatoms. The van der Waals surface area contributed by atoms with Crippen LogP contribution in [-0.2, 0) is 6.54 Å². The van der Waals surface area contributed by atoms with E-state index in [2.05, 4.69) is 5.32 Å². The van der Waals surface area contributed by atoms with E-state index < -0.39 is 5.97 Å². The molecule has 1 heterocycles. The predicted octanol–water partition coefficient (Wildman–Crippen LogP) is 2.58. The third-order valence-electron chi connectivity index (χ3n) is 2.65. The van der Waals surface area contributed by atoms with E-state index in [4.69, 9.17) is 4.42 Å². The van der Waals surface area contributed by atoms with Crippen LogP contribution in [0.25, 0.3) is 11.0 Å². The van der Waals surface area contributed by atoms with Crippen molar-refractivity contribution in [3.05, 3.63) is 35.6 Å². The maximum Gasteiger partial charge on any atom is 0.339 e. The van der Waals surface area contributed by atoms with Gasteiger partial charge in [0.05, 0.1) is 6.54 Å². The van der Waals surface area contributed by atoms with Crippen LogP contribution in [0.5, 0.6) is 0 Å². The van der Waals surface area contributed by atoms with E-state index in [1.165, 1.54) is 0 Å². The fourth-order valence-electron chi connectivity index (χ4n) is 1.83. The fourth-order valence-corrected chi connectivity index (χ4v) is 2.18. The predicted molar refractivity (Wildman–Crippen MR) is 73.3 cm³/mol. The first kappa shape index (κ1) is 13.0. The minimum Gasteiger partial charge on any atom is -0.478 e. The highest BCUT2D eigenvalue weighted by molar-refractivity contribution is 7.98. The Bertz CT molecular complexity index is 550. The van der Waals surface area contributed by atoms with Crippen LogP contribution >= 0.6 is 11.8 Å². The second-order valence-corrected chi connectivity index (χ2v) is 4.86. The van der Waals surface area contributed by atoms with Gasteiger partial charge >= 0.3 is 5.97 Å². The van der Waals surface area contributed by atoms with Crippen LogP contribution < -0.4 is 5.32 Å². The summed E-state index contributed by atoms with van der Waals surface area (Å²) in [6, 6.07) is 7.21. The molecule has 0 fully saturated rings. The third kappa shape index (κ3) is 2.68. The quantitative estimate of drug-likeness (QED) is 0.786. The second-order valence-electron chi connectivity index (χ2n) is 3.87. The van der Waals surface area contributed by atoms with E-state index >= 15 is 0 Å². The zero-order valence-corrected chi connectivity index (χ0v) is 10.9. The standard InChI is InChI=1S/C13H15NO3S/c1-18-7-6-14-8-11-12(13(15)16)9-4-2-3-5-10(9)17-11/h2-5,14H,6-8H2,1H3,(H,15,16). The van der Waals surface area contributed by atoms with Gasteiger partial charge in [-0.15, -0.1) is 0 Å². The molecule has 96 valence electrons. The van der Waals surface area contributed by atoms with E-state index in [0.29, 0.717) is 23.3 Å². The van der Waals surface area contributed by atoms with Gasteiger partial charge in [-0.05, 0) is 12.3 Å². The van der Waals surface area contributed by atoms with Crippen molar-refractivity contribution in [1.82, 2.24) is 5.32 Å². The number of nitrogens with one attached hydrogen (secondary N) is 1. The molecule has 0 atom stereocenters. The molecule has 2 aromatic rings. The zero-order valence-electron chi connectivity index (χ0n) is 10.1. The highest BCUT2D eigenvalue weighted by Crippen LogP contribution is 2.25. The number of aromatic carboxylic acids is 1. The Labute approximate surface area is 109 Å². The van der Waals surface area contributed by atoms with Gasteiger partial charge in [-0.3, -0.25) is 0 Å². The summed E-state index contributed by atoms with van der Waals surface area (Å²) < 4.78 is 5.59. The highest BCUT2D eigenvalue weighted by atomic mass is 32.2. The van der Waals surface area contributed by atoms with Gasteiger partial charge in [0.15, 0.2) is 0 Å². The summed E-state index contributed by atoms with van der Waals surface area (Å²) in [6.45, 7) is 1.27. The summed E-state index contributed by atoms with van der Waals surface area (Å²) in [7, 11) is 0. The lowest BCUT2D eigenvalue weighted by Gasteiger charge is -2.01. The first-order valence-corrected chi connectivity index (χ1v) is 7.06. The molecule has 2 N–H and O–H groups in total. The summed E-state index contributed by atoms with van der Waals surface area (Å²) in [5.41, 5.74) is 0.888. The number of furan rings is 1. The zero-order chi connectivity index (χ0) is 13.0. The molecule has 0 saturated carbocycles. The number of hydrogen-bond acceptors (Lipinski definition) is 4. The lowest BCUT2D eigenvalue weighted by Crippen LogP contribution is -2.17. The smallest absolute Gasteiger partial charge is 0.339 e. The van der Waals surface area contributed by atoms with Crippen molar-refractivity contribution < 1.29 is 14.3 Å². The minimum absolute atomic E-state index is 0.266. The average molecular weight is 265 g/mol. The van der Waals surface area contributed by atoms with Gasteiger partial charge in [0.2, 0.25) is 0 Å². The van der Waals surface area contributed by atoms with Crippen molar-refractivity contribution in [2.24, 2.45) is 0 Å². The molecule has 4 nitrogen and oxygen atoms in total. The molecule has 0 aliphatic carbocycles. The maximum atomic E-state index is 11.3. The van der Waals surface area contributed by atoms with Gasteiger partial charge in [-0.1, -0.05) is 18.2 Å². The number of thioether (sulfide) groups is 1. The molecular formula is C13H15NO3S. The van der Waals surface area contributed by atoms with Gasteiger partial charge in [-0.2, -0.15) is 11.8 Å². The molecule has 0 aliphatic rings. The SMILES string of the molecule is CSCCNCc1oc2ccccc2c1C(=O)O. The van der Waals surface area contributed by atoms with Crippen molar-refractivity contribution in [2.75, 3.05) is 18.6 Å². The fraction of sp³-hybridized carbons (Fsp3) is 0.308. The largest absolute Gasteiger partial charge is 0.478 e. The Hall–Kier alpha value is -1.46. The average Bonchev–Trinajstić information content (AvgIpc) is 2.73. The summed E-state index contributed by atoms with van der Waals surface area (Å²) in [6.07, 6.45) is 2.03. The minimum atomic E-state index is -0.943. The molecule has 1 aromatic carbocycles. The summed E-state index contributed by atoms with van der Waals surface area (Å²) in [5, 5.41) is 13.1. The van der Waals surface area contributed by atoms with Gasteiger partial charge in [0, 0.05) is 17.7 Å². The van der Waals surface area contributed by atoms with Crippen LogP contribution in [0.2, 0.25) is 0 Å². The van der Waals surface area contributed by atoms with E-state index in [9.17, 15) is 9.90 Å². The highest BCUT2D eigenvalue weighted by Gasteiger charge is 2.19. The lowest BCUT2D eigenvalue weighted by atomic mass is 10.1. The molecule has 2 rings (SSSR count). The molecule has 1 aromatic heterocycles. The van der Waals surface area contributed by atoms with Gasteiger partial charge in [-0.25, -0.2) is 4.79 Å². The van der Waals surface area contributed by atoms with Crippen LogP contribution in [0.3, 0.4) is 0 Å². The Morgan fingerprint density at radius 1 is 1.44 bits per heavy atom. The number of fused-ring (bicyclic) bond motifs is 1. The Balaban J connectivity index is 2.25. The Kier molecular flexibility index (Phi) is 4.28. The lowest BCUT2D eigenvalue weighted by molar-refractivity contribution is 0.0696. The maximum absolute atomic E-state index is 11.3. The molecule has 18 heavy (non-hydrogen) atoms. The first-order valence-electron chi connectivity index (χ1n) is 5.67. The van der Waals surface area contributed by atoms with Gasteiger partial charge in [0.25, 0.3) is 0 Å². The van der Waals surface area contributed by atoms with E-state index in [-0.39, 0.29) is 5.56 Å². The van der Waals surface area contributed by atoms with Crippen molar-refractivity contribution in [2.45, 2.75) is 6.54 Å². The van der Waals surface area contributed by atoms with Crippen molar-refractivity contribution in [3.63, 3.8) is 0 Å². The number of para-hydroxylation sites is 1. The molecule has 0 amide bonds. The number of carboxylic acids is 1. The number of hydrogen-bond donors (Lipinski definition) is 2.